The Morgan fingerprint density at radius 2 is 0.900 bits per heavy atom. The predicted molar refractivity (Wildman–Crippen MR) is 51.3 cm³/mol. The summed E-state index contributed by atoms with van der Waals surface area (Å²) in [5, 5.41) is 6.12. The minimum atomic E-state index is -1.17. The summed E-state index contributed by atoms with van der Waals surface area (Å²) >= 11 is -1.17. The van der Waals surface area contributed by atoms with Crippen LogP contribution in [0, 0.1) is 0 Å². The van der Waals surface area contributed by atoms with Crippen LogP contribution in [-0.4, -0.2) is 18.7 Å². The molecule has 0 aliphatic heterocycles. The summed E-state index contributed by atoms with van der Waals surface area (Å²) in [5.41, 5.74) is 0. The van der Waals surface area contributed by atoms with E-state index in [4.69, 9.17) is 0 Å². The minimum Gasteiger partial charge on any atom is -0.412 e. The van der Waals surface area contributed by atoms with Crippen molar-refractivity contribution in [1.29, 1.82) is 0 Å². The summed E-state index contributed by atoms with van der Waals surface area (Å²) in [6.45, 7) is 9.54. The normalized spacial score (nSPS) is 10.8. The van der Waals surface area contributed by atoms with Gasteiger partial charge >= 0.3 is 62.0 Å². The third kappa shape index (κ3) is 3.06. The van der Waals surface area contributed by atoms with E-state index in [9.17, 15) is 0 Å². The molecule has 0 fully saturated rings. The van der Waals surface area contributed by atoms with Crippen LogP contribution in [-0.2, 0) is 0 Å². The van der Waals surface area contributed by atoms with E-state index in [-0.39, 0.29) is 5.48 Å². The molecule has 0 aromatic carbocycles. The second-order valence-electron chi connectivity index (χ2n) is 2.91. The van der Waals surface area contributed by atoms with Crippen molar-refractivity contribution in [1.82, 2.24) is 0 Å². The van der Waals surface area contributed by atoms with Crippen LogP contribution < -0.4 is 0 Å². The first-order valence-corrected chi connectivity index (χ1v) is 10.2. The minimum absolute atomic E-state index is 0. The molecule has 0 atom stereocenters. The first-order valence-electron chi connectivity index (χ1n) is 4.24. The summed E-state index contributed by atoms with van der Waals surface area (Å²) in [4.78, 5) is 0. The average Bonchev–Trinajstić information content (AvgIpc) is 1.95. The van der Waals surface area contributed by atoms with Gasteiger partial charge in [0.15, 0.2) is 0 Å². The zero-order chi connectivity index (χ0) is 7.33. The van der Waals surface area contributed by atoms with E-state index in [0.717, 1.165) is 0 Å². The molecule has 0 aliphatic carbocycles. The van der Waals surface area contributed by atoms with Gasteiger partial charge in [-0.1, -0.05) is 0 Å². The Bertz CT molecular complexity index is 52.1. The third-order valence-electron chi connectivity index (χ3n) is 3.00. The summed E-state index contributed by atoms with van der Waals surface area (Å²) in [7, 11) is 0. The SMILES string of the molecule is C[CH2][Ge]([CH2]C)([CH2]C)[CH2]C.O. The number of hydrogen-bond acceptors (Lipinski definition) is 0. The monoisotopic (exact) mass is 208 g/mol. The Kier molecular flexibility index (Phi) is 8.17. The molecule has 64 valence electrons. The van der Waals surface area contributed by atoms with Gasteiger partial charge in [-0.15, -0.1) is 0 Å². The van der Waals surface area contributed by atoms with Crippen LogP contribution in [0.25, 0.3) is 0 Å². The second kappa shape index (κ2) is 6.23. The molecule has 0 aromatic rings. The molecule has 0 heterocycles. The van der Waals surface area contributed by atoms with Gasteiger partial charge in [0, 0.05) is 0 Å². The van der Waals surface area contributed by atoms with Crippen LogP contribution >= 0.6 is 0 Å². The van der Waals surface area contributed by atoms with Crippen molar-refractivity contribution in [2.45, 2.75) is 48.7 Å². The van der Waals surface area contributed by atoms with Gasteiger partial charge in [-0.2, -0.15) is 0 Å². The van der Waals surface area contributed by atoms with Gasteiger partial charge in [0.25, 0.3) is 0 Å². The fourth-order valence-corrected chi connectivity index (χ4v) is 7.79. The topological polar surface area (TPSA) is 31.5 Å². The van der Waals surface area contributed by atoms with Crippen molar-refractivity contribution in [2.75, 3.05) is 0 Å². The van der Waals surface area contributed by atoms with E-state index in [1.807, 2.05) is 0 Å². The van der Waals surface area contributed by atoms with E-state index in [2.05, 4.69) is 27.7 Å². The first-order chi connectivity index (χ1) is 4.24. The smallest absolute Gasteiger partial charge is 0.412 e. The van der Waals surface area contributed by atoms with Crippen molar-refractivity contribution in [3.63, 3.8) is 0 Å². The molecule has 0 bridgehead atoms. The molecule has 0 amide bonds. The maximum absolute atomic E-state index is 2.39. The van der Waals surface area contributed by atoms with Crippen LogP contribution in [0.2, 0.25) is 21.0 Å². The fourth-order valence-electron chi connectivity index (χ4n) is 1.50. The number of rotatable bonds is 4. The molecule has 1 nitrogen and oxygen atoms in total. The molecule has 0 rings (SSSR count). The number of hydrogen-bond donors (Lipinski definition) is 0. The summed E-state index contributed by atoms with van der Waals surface area (Å²) in [5.74, 6) is 0. The van der Waals surface area contributed by atoms with Crippen molar-refractivity contribution in [3.8, 4) is 0 Å². The van der Waals surface area contributed by atoms with E-state index >= 15 is 0 Å². The molecule has 2 heteroatoms. The summed E-state index contributed by atoms with van der Waals surface area (Å²) < 4.78 is 0. The third-order valence-corrected chi connectivity index (χ3v) is 15.6. The van der Waals surface area contributed by atoms with E-state index in [1.54, 1.807) is 0 Å². The van der Waals surface area contributed by atoms with Crippen LogP contribution in [0.1, 0.15) is 27.7 Å². The van der Waals surface area contributed by atoms with Crippen LogP contribution in [0.3, 0.4) is 0 Å². The molecule has 2 N–H and O–H groups in total. The maximum Gasteiger partial charge on any atom is -0.412 e. The van der Waals surface area contributed by atoms with Crippen molar-refractivity contribution in [2.24, 2.45) is 0 Å². The fraction of sp³-hybridized carbons (Fsp3) is 1.00. The predicted octanol–water partition coefficient (Wildman–Crippen LogP) is 2.69. The Hall–Kier alpha value is 0.503. The molecule has 0 saturated carbocycles. The van der Waals surface area contributed by atoms with Gasteiger partial charge in [-0.25, -0.2) is 0 Å². The largest absolute Gasteiger partial charge is 0.412 e. The van der Waals surface area contributed by atoms with Gasteiger partial charge in [-0.05, 0) is 0 Å². The second-order valence-corrected chi connectivity index (χ2v) is 15.1. The van der Waals surface area contributed by atoms with Crippen LogP contribution in [0.15, 0.2) is 0 Å². The Morgan fingerprint density at radius 3 is 0.900 bits per heavy atom. The molecular formula is C8H22GeO. The Balaban J connectivity index is 0. The summed E-state index contributed by atoms with van der Waals surface area (Å²) in [6.07, 6.45) is 0. The Labute approximate surface area is 67.9 Å². The summed E-state index contributed by atoms with van der Waals surface area (Å²) in [6, 6.07) is 0. The van der Waals surface area contributed by atoms with Crippen LogP contribution in [0.4, 0.5) is 0 Å². The standard InChI is InChI=1S/C8H20Ge.H2O/c1-5-9(6-2,7-3)8-4;/h5-8H2,1-4H3;1H2. The Morgan fingerprint density at radius 1 is 0.700 bits per heavy atom. The van der Waals surface area contributed by atoms with E-state index in [1.165, 1.54) is 21.0 Å². The molecule has 0 unspecified atom stereocenters. The van der Waals surface area contributed by atoms with Crippen molar-refractivity contribution < 1.29 is 5.48 Å². The first kappa shape index (κ1) is 13.1. The van der Waals surface area contributed by atoms with Gasteiger partial charge in [0.05, 0.1) is 0 Å². The van der Waals surface area contributed by atoms with Gasteiger partial charge in [0.2, 0.25) is 0 Å². The van der Waals surface area contributed by atoms with E-state index in [0.29, 0.717) is 0 Å². The molecule has 0 spiro atoms. The van der Waals surface area contributed by atoms with Gasteiger partial charge < -0.3 is 5.48 Å². The van der Waals surface area contributed by atoms with Gasteiger partial charge in [-0.3, -0.25) is 0 Å². The molecule has 0 saturated heterocycles. The zero-order valence-corrected chi connectivity index (χ0v) is 9.93. The average molecular weight is 207 g/mol. The molecule has 0 aromatic heterocycles. The maximum atomic E-state index is 2.39. The molecule has 0 radical (unpaired) electrons. The van der Waals surface area contributed by atoms with Crippen LogP contribution in [0.5, 0.6) is 0 Å². The molecular weight excluding hydrogens is 185 g/mol. The van der Waals surface area contributed by atoms with Gasteiger partial charge in [0.1, 0.15) is 0 Å². The van der Waals surface area contributed by atoms with E-state index < -0.39 is 13.3 Å². The molecule has 10 heavy (non-hydrogen) atoms. The quantitative estimate of drug-likeness (QED) is 0.634. The van der Waals surface area contributed by atoms with Crippen molar-refractivity contribution >= 4 is 13.3 Å². The zero-order valence-electron chi connectivity index (χ0n) is 7.83. The van der Waals surface area contributed by atoms with Crippen molar-refractivity contribution in [3.05, 3.63) is 0 Å². The molecule has 0 aliphatic rings.